The molecule has 0 radical (unpaired) electrons. The van der Waals surface area contributed by atoms with E-state index in [1.165, 1.54) is 24.3 Å². The topological polar surface area (TPSA) is 89.5 Å². The molecule has 0 aliphatic rings. The number of carbonyl (C=O) groups is 2. The molecule has 2 rings (SSSR count). The highest BCUT2D eigenvalue weighted by Gasteiger charge is 2.31. The molecule has 0 aromatic heterocycles. The number of rotatable bonds is 9. The Hall–Kier alpha value is -2.58. The number of hydrogen-bond acceptors (Lipinski definition) is 5. The molecule has 6 nitrogen and oxygen atoms in total. The van der Waals surface area contributed by atoms with Gasteiger partial charge in [0.25, 0.3) is 0 Å². The summed E-state index contributed by atoms with van der Waals surface area (Å²) in [5.74, 6) is -2.20. The molecule has 2 aromatic rings. The lowest BCUT2D eigenvalue weighted by molar-refractivity contribution is -0.145. The predicted molar refractivity (Wildman–Crippen MR) is 106 cm³/mol. The number of Topliss-reactive ketones (excluding diaryl/α,β-unsaturated/α-hetero) is 1. The molecule has 0 aliphatic heterocycles. The van der Waals surface area contributed by atoms with Crippen LogP contribution in [0.4, 0.5) is 4.39 Å². The maximum Gasteiger partial charge on any atom is 0.324 e. The maximum atomic E-state index is 13.0. The van der Waals surface area contributed by atoms with Gasteiger partial charge in [0, 0.05) is 5.56 Å². The summed E-state index contributed by atoms with van der Waals surface area (Å²) in [6, 6.07) is 9.92. The van der Waals surface area contributed by atoms with Crippen LogP contribution in [0.3, 0.4) is 0 Å². The Morgan fingerprint density at radius 2 is 1.66 bits per heavy atom. The van der Waals surface area contributed by atoms with Gasteiger partial charge < -0.3 is 4.74 Å². The monoisotopic (exact) mass is 421 g/mol. The molecular formula is C21H24FNO5S. The van der Waals surface area contributed by atoms with E-state index in [-0.39, 0.29) is 16.4 Å². The smallest absolute Gasteiger partial charge is 0.324 e. The lowest BCUT2D eigenvalue weighted by Crippen LogP contribution is -2.46. The van der Waals surface area contributed by atoms with E-state index in [1.807, 2.05) is 13.8 Å². The van der Waals surface area contributed by atoms with Crippen LogP contribution in [-0.2, 0) is 19.6 Å². The number of benzene rings is 2. The second kappa shape index (κ2) is 9.76. The van der Waals surface area contributed by atoms with E-state index >= 15 is 0 Å². The summed E-state index contributed by atoms with van der Waals surface area (Å²) < 4.78 is 45.7. The van der Waals surface area contributed by atoms with E-state index in [4.69, 9.17) is 4.74 Å². The second-order valence-corrected chi connectivity index (χ2v) is 8.55. The van der Waals surface area contributed by atoms with Crippen LogP contribution in [0.2, 0.25) is 0 Å². The first-order chi connectivity index (χ1) is 13.6. The number of hydrogen-bond donors (Lipinski definition) is 1. The Bertz CT molecular complexity index is 956. The van der Waals surface area contributed by atoms with Crippen LogP contribution in [0.15, 0.2) is 53.4 Å². The van der Waals surface area contributed by atoms with Crippen molar-refractivity contribution in [2.75, 3.05) is 6.61 Å². The van der Waals surface area contributed by atoms with Gasteiger partial charge in [-0.3, -0.25) is 9.59 Å². The summed E-state index contributed by atoms with van der Waals surface area (Å²) in [6.07, 6.45) is 0.516. The largest absolute Gasteiger partial charge is 0.456 e. The number of ketones is 1. The molecule has 8 heteroatoms. The second-order valence-electron chi connectivity index (χ2n) is 6.84. The third-order valence-electron chi connectivity index (χ3n) is 4.59. The molecule has 1 N–H and O–H groups in total. The van der Waals surface area contributed by atoms with Crippen LogP contribution in [-0.4, -0.2) is 32.8 Å². The van der Waals surface area contributed by atoms with Gasteiger partial charge in [0.05, 0.1) is 4.90 Å². The predicted octanol–water partition coefficient (Wildman–Crippen LogP) is 3.25. The summed E-state index contributed by atoms with van der Waals surface area (Å²) in [5.41, 5.74) is 1.10. The quantitative estimate of drug-likeness (QED) is 0.496. The Morgan fingerprint density at radius 3 is 2.21 bits per heavy atom. The third kappa shape index (κ3) is 6.20. The summed E-state index contributed by atoms with van der Waals surface area (Å²) >= 11 is 0. The molecule has 0 amide bonds. The van der Waals surface area contributed by atoms with Crippen molar-refractivity contribution in [2.24, 2.45) is 5.92 Å². The first kappa shape index (κ1) is 22.7. The highest BCUT2D eigenvalue weighted by molar-refractivity contribution is 7.89. The molecule has 0 spiro atoms. The standard InChI is InChI=1S/C21H24FNO5S/c1-4-15(3)20(23-29(26,27)18-11-5-14(2)6-12-18)21(25)28-13-19(24)16-7-9-17(22)10-8-16/h5-12,15,20,23H,4,13H2,1-3H3/t15-,20+/m1/s1. The van der Waals surface area contributed by atoms with Gasteiger partial charge in [-0.2, -0.15) is 4.72 Å². The normalized spacial score (nSPS) is 13.5. The van der Waals surface area contributed by atoms with Crippen molar-refractivity contribution in [1.82, 2.24) is 4.72 Å². The van der Waals surface area contributed by atoms with Crippen molar-refractivity contribution in [2.45, 2.75) is 38.1 Å². The van der Waals surface area contributed by atoms with Gasteiger partial charge >= 0.3 is 5.97 Å². The molecule has 29 heavy (non-hydrogen) atoms. The SMILES string of the molecule is CC[C@@H](C)[C@H](NS(=O)(=O)c1ccc(C)cc1)C(=O)OCC(=O)c1ccc(F)cc1. The van der Waals surface area contributed by atoms with Crippen LogP contribution < -0.4 is 4.72 Å². The fourth-order valence-electron chi connectivity index (χ4n) is 2.53. The highest BCUT2D eigenvalue weighted by atomic mass is 32.2. The maximum absolute atomic E-state index is 13.0. The Morgan fingerprint density at radius 1 is 1.07 bits per heavy atom. The van der Waals surface area contributed by atoms with Crippen LogP contribution in [0, 0.1) is 18.7 Å². The summed E-state index contributed by atoms with van der Waals surface area (Å²) in [6.45, 7) is 4.80. The average molecular weight is 421 g/mol. The van der Waals surface area contributed by atoms with Gasteiger partial charge in [0.1, 0.15) is 11.9 Å². The minimum Gasteiger partial charge on any atom is -0.456 e. The van der Waals surface area contributed by atoms with Crippen molar-refractivity contribution in [1.29, 1.82) is 0 Å². The van der Waals surface area contributed by atoms with E-state index in [0.29, 0.717) is 6.42 Å². The van der Waals surface area contributed by atoms with Crippen molar-refractivity contribution >= 4 is 21.8 Å². The molecule has 0 bridgehead atoms. The van der Waals surface area contributed by atoms with E-state index in [2.05, 4.69) is 4.72 Å². The van der Waals surface area contributed by atoms with Gasteiger partial charge in [-0.25, -0.2) is 12.8 Å². The number of sulfonamides is 1. The van der Waals surface area contributed by atoms with Crippen molar-refractivity contribution in [3.05, 3.63) is 65.5 Å². The van der Waals surface area contributed by atoms with Crippen molar-refractivity contribution < 1.29 is 27.1 Å². The zero-order valence-corrected chi connectivity index (χ0v) is 17.3. The molecule has 0 heterocycles. The van der Waals surface area contributed by atoms with E-state index in [0.717, 1.165) is 17.7 Å². The molecule has 2 aromatic carbocycles. The molecule has 0 unspecified atom stereocenters. The molecule has 156 valence electrons. The van der Waals surface area contributed by atoms with Crippen molar-refractivity contribution in [3.63, 3.8) is 0 Å². The van der Waals surface area contributed by atoms with Crippen LogP contribution >= 0.6 is 0 Å². The van der Waals surface area contributed by atoms with Crippen LogP contribution in [0.1, 0.15) is 36.2 Å². The van der Waals surface area contributed by atoms with E-state index in [9.17, 15) is 22.4 Å². The fourth-order valence-corrected chi connectivity index (χ4v) is 3.82. The highest BCUT2D eigenvalue weighted by Crippen LogP contribution is 2.16. The molecule has 0 saturated heterocycles. The van der Waals surface area contributed by atoms with Gasteiger partial charge in [-0.15, -0.1) is 0 Å². The van der Waals surface area contributed by atoms with Crippen LogP contribution in [0.5, 0.6) is 0 Å². The number of esters is 1. The van der Waals surface area contributed by atoms with Gasteiger partial charge in [-0.05, 0) is 49.2 Å². The number of halogens is 1. The summed E-state index contributed by atoms with van der Waals surface area (Å²) in [7, 11) is -3.95. The number of nitrogens with one attached hydrogen (secondary N) is 1. The summed E-state index contributed by atoms with van der Waals surface area (Å²) in [4.78, 5) is 24.7. The lowest BCUT2D eigenvalue weighted by atomic mass is 10.0. The third-order valence-corrected chi connectivity index (χ3v) is 6.05. The molecular weight excluding hydrogens is 397 g/mol. The summed E-state index contributed by atoms with van der Waals surface area (Å²) in [5, 5.41) is 0. The molecule has 0 saturated carbocycles. The zero-order chi connectivity index (χ0) is 21.6. The number of aryl methyl sites for hydroxylation is 1. The first-order valence-corrected chi connectivity index (χ1v) is 10.7. The van der Waals surface area contributed by atoms with Gasteiger partial charge in [-0.1, -0.05) is 38.0 Å². The van der Waals surface area contributed by atoms with Crippen molar-refractivity contribution in [3.8, 4) is 0 Å². The average Bonchev–Trinajstić information content (AvgIpc) is 2.70. The number of ether oxygens (including phenoxy) is 1. The number of carbonyl (C=O) groups excluding carboxylic acids is 2. The van der Waals surface area contributed by atoms with Gasteiger partial charge in [0.15, 0.2) is 12.4 Å². The molecule has 0 aliphatic carbocycles. The van der Waals surface area contributed by atoms with E-state index < -0.39 is 40.2 Å². The fraction of sp³-hybridized carbons (Fsp3) is 0.333. The zero-order valence-electron chi connectivity index (χ0n) is 16.5. The van der Waals surface area contributed by atoms with Gasteiger partial charge in [0.2, 0.25) is 10.0 Å². The Kier molecular flexibility index (Phi) is 7.64. The van der Waals surface area contributed by atoms with E-state index in [1.54, 1.807) is 19.1 Å². The molecule has 0 fully saturated rings. The Balaban J connectivity index is 2.10. The minimum atomic E-state index is -3.95. The Labute approximate surface area is 170 Å². The lowest BCUT2D eigenvalue weighted by Gasteiger charge is -2.22. The van der Waals surface area contributed by atoms with Crippen LogP contribution in [0.25, 0.3) is 0 Å². The minimum absolute atomic E-state index is 0.0339. The first-order valence-electron chi connectivity index (χ1n) is 9.18. The molecule has 2 atom stereocenters.